The van der Waals surface area contributed by atoms with E-state index in [1.54, 1.807) is 0 Å². The summed E-state index contributed by atoms with van der Waals surface area (Å²) in [5.41, 5.74) is -2.24. The first-order valence-corrected chi connectivity index (χ1v) is 7.25. The van der Waals surface area contributed by atoms with Crippen molar-refractivity contribution in [2.24, 2.45) is 0 Å². The van der Waals surface area contributed by atoms with Crippen LogP contribution in [0.25, 0.3) is 0 Å². The molecule has 1 atom stereocenters. The summed E-state index contributed by atoms with van der Waals surface area (Å²) in [6, 6.07) is 7.13. The molecule has 20 heavy (non-hydrogen) atoms. The molecule has 0 spiro atoms. The van der Waals surface area contributed by atoms with E-state index < -0.39 is 11.6 Å². The predicted molar refractivity (Wildman–Crippen MR) is 72.4 cm³/mol. The van der Waals surface area contributed by atoms with E-state index in [9.17, 15) is 18.0 Å². The van der Waals surface area contributed by atoms with E-state index in [1.165, 1.54) is 0 Å². The molecule has 110 valence electrons. The van der Waals surface area contributed by atoms with Gasteiger partial charge in [0, 0.05) is 18.8 Å². The first-order chi connectivity index (χ1) is 9.47. The minimum absolute atomic E-state index is 0.00333. The lowest BCUT2D eigenvalue weighted by molar-refractivity contribution is -0.123. The molecule has 2 rings (SSSR count). The van der Waals surface area contributed by atoms with Crippen LogP contribution in [-0.2, 0) is 11.2 Å². The van der Waals surface area contributed by atoms with E-state index in [0.29, 0.717) is 6.54 Å². The number of halogens is 3. The molecule has 1 aliphatic heterocycles. The molecule has 1 aliphatic rings. The highest BCUT2D eigenvalue weighted by atomic mass is 32.2. The van der Waals surface area contributed by atoms with Crippen molar-refractivity contribution in [1.82, 2.24) is 10.6 Å². The molecule has 2 N–H and O–H groups in total. The van der Waals surface area contributed by atoms with Crippen molar-refractivity contribution in [3.8, 4) is 0 Å². The van der Waals surface area contributed by atoms with Gasteiger partial charge in [-0.1, -0.05) is 24.3 Å². The minimum atomic E-state index is -4.25. The Morgan fingerprint density at radius 3 is 2.90 bits per heavy atom. The maximum Gasteiger partial charge on any atom is 0.441 e. The van der Waals surface area contributed by atoms with Gasteiger partial charge < -0.3 is 10.6 Å². The molecule has 7 heteroatoms. The van der Waals surface area contributed by atoms with Crippen LogP contribution >= 0.6 is 11.8 Å². The smallest absolute Gasteiger partial charge is 0.354 e. The van der Waals surface area contributed by atoms with Crippen molar-refractivity contribution in [2.75, 3.05) is 18.8 Å². The second kappa shape index (κ2) is 6.49. The van der Waals surface area contributed by atoms with Crippen molar-refractivity contribution in [3.05, 3.63) is 35.4 Å². The van der Waals surface area contributed by atoms with Gasteiger partial charge in [-0.3, -0.25) is 4.79 Å². The van der Waals surface area contributed by atoms with Crippen molar-refractivity contribution in [2.45, 2.75) is 18.0 Å². The van der Waals surface area contributed by atoms with Crippen molar-refractivity contribution >= 4 is 17.7 Å². The van der Waals surface area contributed by atoms with Crippen LogP contribution in [0.15, 0.2) is 24.3 Å². The Labute approximate surface area is 119 Å². The third-order valence-electron chi connectivity index (χ3n) is 3.04. The van der Waals surface area contributed by atoms with Crippen molar-refractivity contribution < 1.29 is 18.0 Å². The summed E-state index contributed by atoms with van der Waals surface area (Å²) in [5, 5.41) is 5.63. The van der Waals surface area contributed by atoms with Gasteiger partial charge in [0.1, 0.15) is 6.04 Å². The van der Waals surface area contributed by atoms with Gasteiger partial charge in [-0.2, -0.15) is 13.2 Å². The van der Waals surface area contributed by atoms with Crippen LogP contribution in [0.3, 0.4) is 0 Å². The van der Waals surface area contributed by atoms with Crippen molar-refractivity contribution in [1.29, 1.82) is 0 Å². The second-order valence-electron chi connectivity index (χ2n) is 4.42. The summed E-state index contributed by atoms with van der Waals surface area (Å²) < 4.78 is 35.9. The maximum absolute atomic E-state index is 12.0. The summed E-state index contributed by atoms with van der Waals surface area (Å²) in [7, 11) is 0. The average Bonchev–Trinajstić information content (AvgIpc) is 2.41. The molecule has 0 aromatic heterocycles. The number of hydrogen-bond acceptors (Lipinski definition) is 3. The highest BCUT2D eigenvalue weighted by Crippen LogP contribution is 2.29. The fraction of sp³-hybridized carbons (Fsp3) is 0.462. The molecular formula is C13H15F3N2OS. The van der Waals surface area contributed by atoms with Crippen LogP contribution in [0.2, 0.25) is 0 Å². The number of nitrogens with one attached hydrogen (secondary N) is 2. The van der Waals surface area contributed by atoms with Crippen LogP contribution in [-0.4, -0.2) is 30.3 Å². The Morgan fingerprint density at radius 2 is 2.15 bits per heavy atom. The highest BCUT2D eigenvalue weighted by molar-refractivity contribution is 8.00. The number of rotatable bonds is 4. The van der Waals surface area contributed by atoms with E-state index in [1.807, 2.05) is 24.3 Å². The lowest BCUT2D eigenvalue weighted by Crippen LogP contribution is -2.42. The number of alkyl halides is 3. The van der Waals surface area contributed by atoms with Gasteiger partial charge >= 0.3 is 5.51 Å². The van der Waals surface area contributed by atoms with Crippen LogP contribution in [0.5, 0.6) is 0 Å². The summed E-state index contributed by atoms with van der Waals surface area (Å²) in [5.74, 6) is -0.455. The summed E-state index contributed by atoms with van der Waals surface area (Å²) in [6.45, 7) is 0.690. The fourth-order valence-electron chi connectivity index (χ4n) is 2.18. The zero-order valence-electron chi connectivity index (χ0n) is 10.7. The Morgan fingerprint density at radius 1 is 1.40 bits per heavy atom. The molecule has 1 amide bonds. The predicted octanol–water partition coefficient (Wildman–Crippen LogP) is 2.24. The number of fused-ring (bicyclic) bond motifs is 1. The Balaban J connectivity index is 1.88. The number of carbonyl (C=O) groups excluding carboxylic acids is 1. The average molecular weight is 304 g/mol. The zero-order valence-corrected chi connectivity index (χ0v) is 11.5. The van der Waals surface area contributed by atoms with Gasteiger partial charge in [0.15, 0.2) is 0 Å². The second-order valence-corrected chi connectivity index (χ2v) is 5.58. The summed E-state index contributed by atoms with van der Waals surface area (Å²) in [4.78, 5) is 12.0. The molecule has 1 aromatic carbocycles. The fourth-order valence-corrected chi connectivity index (χ4v) is 2.62. The van der Waals surface area contributed by atoms with Gasteiger partial charge in [0.2, 0.25) is 5.91 Å². The highest BCUT2D eigenvalue weighted by Gasteiger charge is 2.28. The van der Waals surface area contributed by atoms with Gasteiger partial charge in [-0.05, 0) is 29.3 Å². The quantitative estimate of drug-likeness (QED) is 0.838. The molecule has 3 nitrogen and oxygen atoms in total. The number of carbonyl (C=O) groups is 1. The topological polar surface area (TPSA) is 41.1 Å². The number of benzene rings is 1. The third-order valence-corrected chi connectivity index (χ3v) is 3.77. The van der Waals surface area contributed by atoms with Crippen LogP contribution in [0.1, 0.15) is 17.2 Å². The summed E-state index contributed by atoms with van der Waals surface area (Å²) >= 11 is -0.127. The molecule has 0 aliphatic carbocycles. The maximum atomic E-state index is 12.0. The number of amides is 1. The van der Waals surface area contributed by atoms with Crippen LogP contribution in [0.4, 0.5) is 13.2 Å². The van der Waals surface area contributed by atoms with Crippen LogP contribution in [0, 0.1) is 0 Å². The third kappa shape index (κ3) is 4.14. The molecular weight excluding hydrogens is 289 g/mol. The monoisotopic (exact) mass is 304 g/mol. The molecule has 0 saturated carbocycles. The molecule has 0 fully saturated rings. The van der Waals surface area contributed by atoms with Gasteiger partial charge in [-0.15, -0.1) is 0 Å². The first-order valence-electron chi connectivity index (χ1n) is 6.27. The minimum Gasteiger partial charge on any atom is -0.354 e. The van der Waals surface area contributed by atoms with E-state index in [2.05, 4.69) is 10.6 Å². The van der Waals surface area contributed by atoms with E-state index in [4.69, 9.17) is 0 Å². The number of thioether (sulfide) groups is 1. The number of hydrogen-bond donors (Lipinski definition) is 2. The van der Waals surface area contributed by atoms with Gasteiger partial charge in [-0.25, -0.2) is 0 Å². The molecule has 1 aromatic rings. The molecule has 1 unspecified atom stereocenters. The normalized spacial score (nSPS) is 18.4. The lowest BCUT2D eigenvalue weighted by Gasteiger charge is -2.26. The summed E-state index contributed by atoms with van der Waals surface area (Å²) in [6.07, 6.45) is 0.851. The molecule has 0 radical (unpaired) electrons. The van der Waals surface area contributed by atoms with E-state index in [-0.39, 0.29) is 30.0 Å². The Hall–Kier alpha value is -1.21. The Kier molecular flexibility index (Phi) is 4.93. The standard InChI is InChI=1S/C13H15F3N2OS/c14-13(15,16)20-8-7-18-12(19)11-10-4-2-1-3-9(10)5-6-17-11/h1-4,11,17H,5-8H2,(H,18,19). The van der Waals surface area contributed by atoms with Crippen molar-refractivity contribution in [3.63, 3.8) is 0 Å². The van der Waals surface area contributed by atoms with Gasteiger partial charge in [0.25, 0.3) is 0 Å². The first kappa shape index (κ1) is 15.2. The van der Waals surface area contributed by atoms with E-state index in [0.717, 1.165) is 17.5 Å². The Bertz CT molecular complexity index is 479. The van der Waals surface area contributed by atoms with E-state index >= 15 is 0 Å². The lowest BCUT2D eigenvalue weighted by atomic mass is 9.94. The molecule has 0 bridgehead atoms. The van der Waals surface area contributed by atoms with Gasteiger partial charge in [0.05, 0.1) is 0 Å². The largest absolute Gasteiger partial charge is 0.441 e. The SMILES string of the molecule is O=C(NCCSC(F)(F)F)C1NCCc2ccccc21. The molecule has 0 saturated heterocycles. The molecule has 1 heterocycles. The zero-order chi connectivity index (χ0) is 14.6. The van der Waals surface area contributed by atoms with Crippen LogP contribution < -0.4 is 10.6 Å².